The van der Waals surface area contributed by atoms with Gasteiger partial charge in [0.05, 0.1) is 22.5 Å². The van der Waals surface area contributed by atoms with Crippen molar-refractivity contribution < 1.29 is 18.0 Å². The number of hydrogen-bond donors (Lipinski definition) is 1. The lowest BCUT2D eigenvalue weighted by molar-refractivity contribution is -0.137. The molecular formula is C13H12F3N3O. The summed E-state index contributed by atoms with van der Waals surface area (Å²) in [5, 5.41) is 7.86. The van der Waals surface area contributed by atoms with Crippen LogP contribution in [0.4, 0.5) is 18.9 Å². The van der Waals surface area contributed by atoms with Gasteiger partial charge in [0.1, 0.15) is 0 Å². The van der Waals surface area contributed by atoms with Crippen molar-refractivity contribution in [2.24, 2.45) is 5.10 Å². The zero-order valence-corrected chi connectivity index (χ0v) is 10.8. The number of nitrogens with zero attached hydrogens (tertiary/aromatic N) is 2. The molecule has 4 nitrogen and oxygen atoms in total. The lowest BCUT2D eigenvalue weighted by Crippen LogP contribution is -2.22. The van der Waals surface area contributed by atoms with Gasteiger partial charge in [-0.1, -0.05) is 0 Å². The molecule has 0 aromatic heterocycles. The lowest BCUT2D eigenvalue weighted by atomic mass is 10.1. The van der Waals surface area contributed by atoms with Crippen molar-refractivity contribution in [1.82, 2.24) is 5.32 Å². The van der Waals surface area contributed by atoms with Crippen molar-refractivity contribution in [2.45, 2.75) is 13.1 Å². The summed E-state index contributed by atoms with van der Waals surface area (Å²) < 4.78 is 37.4. The summed E-state index contributed by atoms with van der Waals surface area (Å²) in [4.78, 5) is 12.1. The number of carbonyl (C=O) groups excluding carboxylic acids is 1. The van der Waals surface area contributed by atoms with Gasteiger partial charge in [-0.25, -0.2) is 0 Å². The predicted molar refractivity (Wildman–Crippen MR) is 69.2 cm³/mol. The van der Waals surface area contributed by atoms with Crippen LogP contribution in [0.25, 0.3) is 0 Å². The molecule has 1 aromatic carbocycles. The maximum Gasteiger partial charge on any atom is 0.416 e. The maximum atomic E-state index is 12.5. The van der Waals surface area contributed by atoms with Crippen LogP contribution in [0.2, 0.25) is 0 Å². The lowest BCUT2D eigenvalue weighted by Gasteiger charge is -2.13. The van der Waals surface area contributed by atoms with E-state index in [-0.39, 0.29) is 5.91 Å². The van der Waals surface area contributed by atoms with E-state index in [2.05, 4.69) is 10.4 Å². The average Bonchev–Trinajstić information content (AvgIpc) is 2.66. The number of hydrazone groups is 1. The third-order valence-electron chi connectivity index (χ3n) is 2.79. The van der Waals surface area contributed by atoms with Gasteiger partial charge in [-0.3, -0.25) is 4.79 Å². The van der Waals surface area contributed by atoms with E-state index < -0.39 is 11.7 Å². The molecule has 1 aliphatic heterocycles. The number of alkyl halides is 3. The van der Waals surface area contributed by atoms with Crippen molar-refractivity contribution in [3.63, 3.8) is 0 Å². The van der Waals surface area contributed by atoms with Crippen LogP contribution < -0.4 is 10.3 Å². The molecule has 7 heteroatoms. The average molecular weight is 283 g/mol. The Morgan fingerprint density at radius 1 is 1.25 bits per heavy atom. The molecule has 1 amide bonds. The van der Waals surface area contributed by atoms with Gasteiger partial charge in [0.2, 0.25) is 0 Å². The smallest absolute Gasteiger partial charge is 0.393 e. The zero-order chi connectivity index (χ0) is 14.9. The molecule has 0 saturated carbocycles. The number of hydrogen-bond acceptors (Lipinski definition) is 3. The first-order chi connectivity index (χ1) is 9.34. The Morgan fingerprint density at radius 3 is 2.35 bits per heavy atom. The van der Waals surface area contributed by atoms with Crippen LogP contribution in [0, 0.1) is 0 Å². The fourth-order valence-corrected chi connectivity index (χ4v) is 1.80. The van der Waals surface area contributed by atoms with E-state index >= 15 is 0 Å². The summed E-state index contributed by atoms with van der Waals surface area (Å²) in [6.07, 6.45) is -2.89. The van der Waals surface area contributed by atoms with Gasteiger partial charge in [-0.15, -0.1) is 0 Å². The molecule has 0 radical (unpaired) electrons. The van der Waals surface area contributed by atoms with Crippen LogP contribution in [0.5, 0.6) is 0 Å². The molecule has 1 N–H and O–H groups in total. The molecule has 0 fully saturated rings. The van der Waals surface area contributed by atoms with Crippen molar-refractivity contribution >= 4 is 17.3 Å². The second-order valence-electron chi connectivity index (χ2n) is 4.19. The molecule has 0 atom stereocenters. The molecule has 1 aromatic rings. The van der Waals surface area contributed by atoms with Crippen LogP contribution in [0.1, 0.15) is 12.5 Å². The highest BCUT2D eigenvalue weighted by atomic mass is 19.4. The number of nitrogens with one attached hydrogen (secondary N) is 1. The van der Waals surface area contributed by atoms with E-state index in [1.807, 2.05) is 0 Å². The summed E-state index contributed by atoms with van der Waals surface area (Å²) >= 11 is 0. The normalized spacial score (nSPS) is 17.6. The highest BCUT2D eigenvalue weighted by molar-refractivity contribution is 6.29. The van der Waals surface area contributed by atoms with Gasteiger partial charge in [-0.05, 0) is 31.2 Å². The highest BCUT2D eigenvalue weighted by Crippen LogP contribution is 2.31. The first-order valence-electron chi connectivity index (χ1n) is 5.79. The Morgan fingerprint density at radius 2 is 1.85 bits per heavy atom. The summed E-state index contributed by atoms with van der Waals surface area (Å²) in [5.41, 5.74) is 0.415. The number of amides is 1. The second kappa shape index (κ2) is 4.99. The molecule has 1 heterocycles. The van der Waals surface area contributed by atoms with Gasteiger partial charge < -0.3 is 5.32 Å². The maximum absolute atomic E-state index is 12.5. The highest BCUT2D eigenvalue weighted by Gasteiger charge is 2.32. The molecular weight excluding hydrogens is 271 g/mol. The summed E-state index contributed by atoms with van der Waals surface area (Å²) in [5.74, 6) is -0.378. The number of rotatable bonds is 2. The van der Waals surface area contributed by atoms with Crippen LogP contribution in [-0.2, 0) is 11.0 Å². The second-order valence-corrected chi connectivity index (χ2v) is 4.19. The van der Waals surface area contributed by atoms with Gasteiger partial charge in [0.15, 0.2) is 0 Å². The number of anilines is 1. The van der Waals surface area contributed by atoms with E-state index in [0.717, 1.165) is 17.1 Å². The summed E-state index contributed by atoms with van der Waals surface area (Å²) in [7, 11) is 1.65. The first-order valence-corrected chi connectivity index (χ1v) is 5.79. The van der Waals surface area contributed by atoms with E-state index in [1.54, 1.807) is 14.0 Å². The van der Waals surface area contributed by atoms with Crippen molar-refractivity contribution in [3.05, 3.63) is 41.6 Å². The van der Waals surface area contributed by atoms with Crippen molar-refractivity contribution in [1.29, 1.82) is 0 Å². The third kappa shape index (κ3) is 2.52. The zero-order valence-electron chi connectivity index (χ0n) is 10.8. The minimum atomic E-state index is -4.40. The first kappa shape index (κ1) is 14.1. The number of halogens is 3. The van der Waals surface area contributed by atoms with Crippen LogP contribution >= 0.6 is 0 Å². The minimum absolute atomic E-state index is 0.293. The Balaban J connectivity index is 2.30. The van der Waals surface area contributed by atoms with E-state index in [0.29, 0.717) is 17.0 Å². The molecule has 2 rings (SSSR count). The summed E-state index contributed by atoms with van der Waals surface area (Å²) in [6.45, 7) is 1.66. The minimum Gasteiger partial charge on any atom is -0.393 e. The van der Waals surface area contributed by atoms with Crippen LogP contribution in [0.15, 0.2) is 41.1 Å². The van der Waals surface area contributed by atoms with Crippen LogP contribution in [-0.4, -0.2) is 18.7 Å². The Kier molecular flexibility index (Phi) is 3.52. The SMILES string of the molecule is CNC=C1C(=O)N(c2ccc(C(F)(F)F)cc2)N=C1C. The van der Waals surface area contributed by atoms with Gasteiger partial charge in [-0.2, -0.15) is 23.3 Å². The molecule has 20 heavy (non-hydrogen) atoms. The topological polar surface area (TPSA) is 44.7 Å². The largest absolute Gasteiger partial charge is 0.416 e. The Labute approximate surface area is 113 Å². The fourth-order valence-electron chi connectivity index (χ4n) is 1.80. The summed E-state index contributed by atoms with van der Waals surface area (Å²) in [6, 6.07) is 4.29. The molecule has 106 valence electrons. The van der Waals surface area contributed by atoms with E-state index in [9.17, 15) is 18.0 Å². The number of benzene rings is 1. The van der Waals surface area contributed by atoms with E-state index in [1.165, 1.54) is 18.3 Å². The molecule has 0 unspecified atom stereocenters. The monoisotopic (exact) mass is 283 g/mol. The molecule has 0 aliphatic carbocycles. The number of carbonyl (C=O) groups is 1. The van der Waals surface area contributed by atoms with Crippen LogP contribution in [0.3, 0.4) is 0 Å². The van der Waals surface area contributed by atoms with Crippen molar-refractivity contribution in [2.75, 3.05) is 12.1 Å². The molecule has 0 saturated heterocycles. The van der Waals surface area contributed by atoms with E-state index in [4.69, 9.17) is 0 Å². The molecule has 0 bridgehead atoms. The van der Waals surface area contributed by atoms with Crippen molar-refractivity contribution in [3.8, 4) is 0 Å². The standard InChI is InChI=1S/C13H12F3N3O/c1-8-11(7-17-2)12(20)19(18-8)10-5-3-9(4-6-10)13(14,15)16/h3-7,17H,1-2H3. The fraction of sp³-hybridized carbons (Fsp3) is 0.231. The van der Waals surface area contributed by atoms with Gasteiger partial charge in [0.25, 0.3) is 5.91 Å². The van der Waals surface area contributed by atoms with Gasteiger partial charge in [0, 0.05) is 13.2 Å². The molecule has 1 aliphatic rings. The quantitative estimate of drug-likeness (QED) is 0.848. The Hall–Kier alpha value is -2.31. The Bertz CT molecular complexity index is 588. The third-order valence-corrected chi connectivity index (χ3v) is 2.79. The van der Waals surface area contributed by atoms with Gasteiger partial charge >= 0.3 is 6.18 Å². The molecule has 0 spiro atoms. The predicted octanol–water partition coefficient (Wildman–Crippen LogP) is 2.53.